The summed E-state index contributed by atoms with van der Waals surface area (Å²) >= 11 is 0. The molecule has 1 aliphatic carbocycles. The number of aldehydes is 1. The van der Waals surface area contributed by atoms with Crippen LogP contribution in [0.15, 0.2) is 48.8 Å². The summed E-state index contributed by atoms with van der Waals surface area (Å²) < 4.78 is 14.6. The Balaban J connectivity index is 1.93. The van der Waals surface area contributed by atoms with E-state index in [1.54, 1.807) is 18.5 Å². The standard InChI is InChI=1S/C25H30FN3O2/c1-18-15-22(26)24(28-11-8-25(2)6-7-25)17-21(18)20(5-13-30)16-23(29-12-14-31)19-3-9-27-10-4-19/h3-5,9-10,13,15-17,28-29,31H,6-8,11-12,14H2,1-2H3/b20-5+,23-16-. The van der Waals surface area contributed by atoms with Crippen LogP contribution >= 0.6 is 0 Å². The fourth-order valence-corrected chi connectivity index (χ4v) is 3.48. The summed E-state index contributed by atoms with van der Waals surface area (Å²) in [5.41, 5.74) is 4.59. The topological polar surface area (TPSA) is 74.2 Å². The SMILES string of the molecule is Cc1cc(F)c(NCCC2(C)CC2)cc1C(/C=C(\NCCO)c1ccncc1)=C/C=O. The minimum absolute atomic E-state index is 0.0300. The van der Waals surface area contributed by atoms with E-state index in [1.165, 1.54) is 25.0 Å². The summed E-state index contributed by atoms with van der Waals surface area (Å²) in [5.74, 6) is -0.301. The van der Waals surface area contributed by atoms with Crippen LogP contribution < -0.4 is 10.6 Å². The maximum atomic E-state index is 14.6. The highest BCUT2D eigenvalue weighted by molar-refractivity contribution is 5.92. The van der Waals surface area contributed by atoms with Crippen LogP contribution in [0.25, 0.3) is 11.3 Å². The van der Waals surface area contributed by atoms with Crippen molar-refractivity contribution < 1.29 is 14.3 Å². The summed E-state index contributed by atoms with van der Waals surface area (Å²) in [6.07, 6.45) is 10.9. The molecule has 1 saturated carbocycles. The van der Waals surface area contributed by atoms with Crippen molar-refractivity contribution in [3.63, 3.8) is 0 Å². The van der Waals surface area contributed by atoms with Gasteiger partial charge in [0.25, 0.3) is 0 Å². The summed E-state index contributed by atoms with van der Waals surface area (Å²) in [6.45, 7) is 5.11. The monoisotopic (exact) mass is 423 g/mol. The Bertz CT molecular complexity index is 966. The van der Waals surface area contributed by atoms with Gasteiger partial charge in [-0.05, 0) is 84.7 Å². The van der Waals surface area contributed by atoms with Crippen LogP contribution in [0.5, 0.6) is 0 Å². The molecule has 1 fully saturated rings. The number of hydrogen-bond acceptors (Lipinski definition) is 5. The van der Waals surface area contributed by atoms with E-state index in [-0.39, 0.29) is 12.4 Å². The Morgan fingerprint density at radius 2 is 2.00 bits per heavy atom. The molecule has 1 aromatic heterocycles. The molecule has 1 heterocycles. The second-order valence-electron chi connectivity index (χ2n) is 8.34. The number of aliphatic hydroxyl groups excluding tert-OH is 1. The van der Waals surface area contributed by atoms with Gasteiger partial charge in [-0.3, -0.25) is 9.78 Å². The number of aromatic nitrogens is 1. The number of halogens is 1. The predicted octanol–water partition coefficient (Wildman–Crippen LogP) is 4.34. The van der Waals surface area contributed by atoms with Crippen LogP contribution in [-0.4, -0.2) is 36.1 Å². The molecule has 3 rings (SSSR count). The van der Waals surface area contributed by atoms with Gasteiger partial charge in [0.15, 0.2) is 0 Å². The van der Waals surface area contributed by atoms with Gasteiger partial charge in [0.1, 0.15) is 12.1 Å². The number of carbonyl (C=O) groups is 1. The number of nitrogens with one attached hydrogen (secondary N) is 2. The van der Waals surface area contributed by atoms with Crippen LogP contribution in [0.4, 0.5) is 10.1 Å². The van der Waals surface area contributed by atoms with E-state index in [9.17, 15) is 14.3 Å². The van der Waals surface area contributed by atoms with Crippen LogP contribution in [0.3, 0.4) is 0 Å². The Morgan fingerprint density at radius 3 is 2.65 bits per heavy atom. The molecular weight excluding hydrogens is 393 g/mol. The van der Waals surface area contributed by atoms with Crippen molar-refractivity contribution in [1.82, 2.24) is 10.3 Å². The Hall–Kier alpha value is -2.99. The van der Waals surface area contributed by atoms with Crippen LogP contribution in [0.2, 0.25) is 0 Å². The normalized spacial score (nSPS) is 15.5. The zero-order chi connectivity index (χ0) is 22.3. The van der Waals surface area contributed by atoms with Gasteiger partial charge in [-0.15, -0.1) is 0 Å². The third-order valence-electron chi connectivity index (χ3n) is 5.74. The highest BCUT2D eigenvalue weighted by Crippen LogP contribution is 2.47. The largest absolute Gasteiger partial charge is 0.395 e. The maximum absolute atomic E-state index is 14.6. The number of allylic oxidation sites excluding steroid dienone is 3. The number of pyridine rings is 1. The zero-order valence-electron chi connectivity index (χ0n) is 18.1. The number of aryl methyl sites for hydroxylation is 1. The molecule has 3 N–H and O–H groups in total. The third-order valence-corrected chi connectivity index (χ3v) is 5.74. The first kappa shape index (κ1) is 22.7. The second kappa shape index (κ2) is 10.4. The Morgan fingerprint density at radius 1 is 1.26 bits per heavy atom. The van der Waals surface area contributed by atoms with Crippen molar-refractivity contribution in [2.75, 3.05) is 25.0 Å². The van der Waals surface area contributed by atoms with Crippen LogP contribution in [0.1, 0.15) is 42.9 Å². The highest BCUT2D eigenvalue weighted by Gasteiger charge is 2.36. The summed E-state index contributed by atoms with van der Waals surface area (Å²) in [7, 11) is 0. The molecule has 6 heteroatoms. The quantitative estimate of drug-likeness (QED) is 0.285. The third kappa shape index (κ3) is 6.25. The average molecular weight is 424 g/mol. The molecule has 164 valence electrons. The van der Waals surface area contributed by atoms with Gasteiger partial charge in [0.05, 0.1) is 12.3 Å². The Labute approximate surface area is 183 Å². The fraction of sp³-hybridized carbons (Fsp3) is 0.360. The van der Waals surface area contributed by atoms with Gasteiger partial charge in [0, 0.05) is 36.7 Å². The van der Waals surface area contributed by atoms with E-state index in [0.29, 0.717) is 29.8 Å². The molecule has 0 aliphatic heterocycles. The first-order valence-corrected chi connectivity index (χ1v) is 10.6. The molecule has 0 radical (unpaired) electrons. The van der Waals surface area contributed by atoms with Gasteiger partial charge in [0.2, 0.25) is 0 Å². The first-order chi connectivity index (χ1) is 15.0. The van der Waals surface area contributed by atoms with Crippen molar-refractivity contribution >= 4 is 23.2 Å². The van der Waals surface area contributed by atoms with Gasteiger partial charge in [-0.25, -0.2) is 4.39 Å². The molecular formula is C25H30FN3O2. The van der Waals surface area contributed by atoms with E-state index in [2.05, 4.69) is 22.5 Å². The van der Waals surface area contributed by atoms with Crippen molar-refractivity contribution in [1.29, 1.82) is 0 Å². The fourth-order valence-electron chi connectivity index (χ4n) is 3.48. The molecule has 0 atom stereocenters. The Kier molecular flexibility index (Phi) is 7.58. The number of aliphatic hydroxyl groups is 1. The minimum atomic E-state index is -0.301. The van der Waals surface area contributed by atoms with E-state index < -0.39 is 0 Å². The minimum Gasteiger partial charge on any atom is -0.395 e. The van der Waals surface area contributed by atoms with E-state index in [1.807, 2.05) is 25.1 Å². The lowest BCUT2D eigenvalue weighted by molar-refractivity contribution is -0.104. The van der Waals surface area contributed by atoms with Crippen molar-refractivity contribution in [2.24, 2.45) is 5.41 Å². The number of benzene rings is 1. The first-order valence-electron chi connectivity index (χ1n) is 10.6. The molecule has 0 spiro atoms. The number of anilines is 1. The van der Waals surface area contributed by atoms with Crippen LogP contribution in [0, 0.1) is 18.2 Å². The zero-order valence-corrected chi connectivity index (χ0v) is 18.1. The number of nitrogens with zero attached hydrogens (tertiary/aromatic N) is 1. The van der Waals surface area contributed by atoms with E-state index >= 15 is 0 Å². The molecule has 31 heavy (non-hydrogen) atoms. The lowest BCUT2D eigenvalue weighted by atomic mass is 9.97. The maximum Gasteiger partial charge on any atom is 0.146 e. The number of hydrogen-bond donors (Lipinski definition) is 3. The molecule has 0 unspecified atom stereocenters. The van der Waals surface area contributed by atoms with Gasteiger partial charge in [-0.2, -0.15) is 0 Å². The number of carbonyl (C=O) groups excluding carboxylic acids is 1. The lowest BCUT2D eigenvalue weighted by Crippen LogP contribution is -2.17. The van der Waals surface area contributed by atoms with Crippen LogP contribution in [-0.2, 0) is 4.79 Å². The summed E-state index contributed by atoms with van der Waals surface area (Å²) in [5, 5.41) is 15.7. The highest BCUT2D eigenvalue weighted by atomic mass is 19.1. The summed E-state index contributed by atoms with van der Waals surface area (Å²) in [4.78, 5) is 15.4. The van der Waals surface area contributed by atoms with Crippen molar-refractivity contribution in [3.05, 3.63) is 71.3 Å². The lowest BCUT2D eigenvalue weighted by Gasteiger charge is -2.16. The van der Waals surface area contributed by atoms with Gasteiger partial charge < -0.3 is 15.7 Å². The average Bonchev–Trinajstić information content (AvgIpc) is 3.50. The molecule has 2 aromatic rings. The smallest absolute Gasteiger partial charge is 0.146 e. The van der Waals surface area contributed by atoms with Crippen molar-refractivity contribution in [2.45, 2.75) is 33.1 Å². The van der Waals surface area contributed by atoms with Gasteiger partial charge in [-0.1, -0.05) is 6.92 Å². The van der Waals surface area contributed by atoms with E-state index in [0.717, 1.165) is 35.1 Å². The van der Waals surface area contributed by atoms with Gasteiger partial charge >= 0.3 is 0 Å². The summed E-state index contributed by atoms with van der Waals surface area (Å²) in [6, 6.07) is 6.95. The molecule has 0 amide bonds. The van der Waals surface area contributed by atoms with E-state index in [4.69, 9.17) is 0 Å². The predicted molar refractivity (Wildman–Crippen MR) is 123 cm³/mol. The second-order valence-corrected chi connectivity index (χ2v) is 8.34. The molecule has 5 nitrogen and oxygen atoms in total. The molecule has 0 bridgehead atoms. The van der Waals surface area contributed by atoms with Crippen molar-refractivity contribution in [3.8, 4) is 0 Å². The number of rotatable bonds is 11. The molecule has 1 aliphatic rings. The molecule has 1 aromatic carbocycles. The molecule has 0 saturated heterocycles.